The van der Waals surface area contributed by atoms with E-state index in [-0.39, 0.29) is 16.9 Å². The minimum atomic E-state index is -4.54. The van der Waals surface area contributed by atoms with Crippen molar-refractivity contribution in [1.82, 2.24) is 0 Å². The average Bonchev–Trinajstić information content (AvgIpc) is 2.56. The number of para-hydroxylation sites is 2. The maximum Gasteiger partial charge on any atom is 0.416 e. The fourth-order valence-corrected chi connectivity index (χ4v) is 2.30. The molecule has 122 valence electrons. The van der Waals surface area contributed by atoms with Gasteiger partial charge in [0.1, 0.15) is 17.3 Å². The summed E-state index contributed by atoms with van der Waals surface area (Å²) >= 11 is 0. The summed E-state index contributed by atoms with van der Waals surface area (Å²) < 4.78 is 58.6. The minimum Gasteiger partial charge on any atom is -0.457 e. The predicted molar refractivity (Wildman–Crippen MR) is 83.4 cm³/mol. The maximum absolute atomic E-state index is 14.1. The molecule has 0 N–H and O–H groups in total. The van der Waals surface area contributed by atoms with E-state index in [0.717, 1.165) is 18.2 Å². The van der Waals surface area contributed by atoms with Gasteiger partial charge in [0.2, 0.25) is 0 Å². The van der Waals surface area contributed by atoms with Crippen LogP contribution < -0.4 is 4.74 Å². The lowest BCUT2D eigenvalue weighted by atomic mass is 10.0. The van der Waals surface area contributed by atoms with Crippen molar-refractivity contribution in [2.75, 3.05) is 0 Å². The molecule has 0 heterocycles. The maximum atomic E-state index is 14.1. The van der Waals surface area contributed by atoms with Crippen molar-refractivity contribution >= 4 is 0 Å². The van der Waals surface area contributed by atoms with Gasteiger partial charge >= 0.3 is 6.18 Å². The molecule has 0 fully saturated rings. The first-order valence-corrected chi connectivity index (χ1v) is 7.14. The van der Waals surface area contributed by atoms with E-state index in [4.69, 9.17) is 4.74 Å². The standard InChI is InChI=1S/C19H12F4O/c20-17-11-10-13(19(21,22)23)12-16(17)15-8-4-5-9-18(15)24-14-6-2-1-3-7-14/h1-12H. The first-order chi connectivity index (χ1) is 11.4. The number of ether oxygens (including phenoxy) is 1. The normalized spacial score (nSPS) is 11.3. The molecule has 0 aliphatic heterocycles. The second-order valence-electron chi connectivity index (χ2n) is 5.10. The van der Waals surface area contributed by atoms with Gasteiger partial charge in [-0.1, -0.05) is 36.4 Å². The second-order valence-corrected chi connectivity index (χ2v) is 5.10. The Hall–Kier alpha value is -2.82. The zero-order valence-electron chi connectivity index (χ0n) is 12.3. The van der Waals surface area contributed by atoms with E-state index in [1.54, 1.807) is 42.5 Å². The number of alkyl halides is 3. The lowest BCUT2D eigenvalue weighted by Gasteiger charge is -2.14. The molecule has 0 unspecified atom stereocenters. The van der Waals surface area contributed by atoms with Crippen LogP contribution in [0.25, 0.3) is 11.1 Å². The smallest absolute Gasteiger partial charge is 0.416 e. The second kappa shape index (κ2) is 6.35. The molecule has 5 heteroatoms. The van der Waals surface area contributed by atoms with E-state index in [0.29, 0.717) is 5.75 Å². The molecular weight excluding hydrogens is 320 g/mol. The van der Waals surface area contributed by atoms with Gasteiger partial charge in [0, 0.05) is 11.1 Å². The molecule has 3 aromatic carbocycles. The highest BCUT2D eigenvalue weighted by atomic mass is 19.4. The van der Waals surface area contributed by atoms with Gasteiger partial charge in [-0.25, -0.2) is 4.39 Å². The van der Waals surface area contributed by atoms with E-state index in [1.165, 1.54) is 6.07 Å². The molecule has 0 atom stereocenters. The molecule has 0 saturated carbocycles. The Bertz CT molecular complexity index is 841. The molecule has 0 bridgehead atoms. The molecule has 3 aromatic rings. The Labute approximate surface area is 136 Å². The van der Waals surface area contributed by atoms with Gasteiger partial charge in [-0.3, -0.25) is 0 Å². The van der Waals surface area contributed by atoms with Crippen molar-refractivity contribution in [2.45, 2.75) is 6.18 Å². The molecule has 0 amide bonds. The fraction of sp³-hybridized carbons (Fsp3) is 0.0526. The van der Waals surface area contributed by atoms with Crippen LogP contribution in [-0.2, 0) is 6.18 Å². The van der Waals surface area contributed by atoms with Gasteiger partial charge in [-0.05, 0) is 36.4 Å². The summed E-state index contributed by atoms with van der Waals surface area (Å²) in [5, 5.41) is 0. The summed E-state index contributed by atoms with van der Waals surface area (Å²) in [6.45, 7) is 0. The molecule has 0 spiro atoms. The molecule has 0 aromatic heterocycles. The fourth-order valence-electron chi connectivity index (χ4n) is 2.30. The lowest BCUT2D eigenvalue weighted by Crippen LogP contribution is -2.05. The number of halogens is 4. The zero-order chi connectivity index (χ0) is 17.2. The van der Waals surface area contributed by atoms with Crippen LogP contribution in [0.5, 0.6) is 11.5 Å². The van der Waals surface area contributed by atoms with E-state index >= 15 is 0 Å². The Kier molecular flexibility index (Phi) is 4.25. The van der Waals surface area contributed by atoms with Gasteiger partial charge < -0.3 is 4.74 Å². The average molecular weight is 332 g/mol. The van der Waals surface area contributed by atoms with Crippen LogP contribution in [0.2, 0.25) is 0 Å². The van der Waals surface area contributed by atoms with E-state index < -0.39 is 17.6 Å². The first-order valence-electron chi connectivity index (χ1n) is 7.14. The monoisotopic (exact) mass is 332 g/mol. The summed E-state index contributed by atoms with van der Waals surface area (Å²) in [5.41, 5.74) is -0.810. The molecule has 0 aliphatic rings. The van der Waals surface area contributed by atoms with Crippen LogP contribution in [-0.4, -0.2) is 0 Å². The SMILES string of the molecule is Fc1ccc(C(F)(F)F)cc1-c1ccccc1Oc1ccccc1. The van der Waals surface area contributed by atoms with Crippen molar-refractivity contribution in [2.24, 2.45) is 0 Å². The minimum absolute atomic E-state index is 0.156. The van der Waals surface area contributed by atoms with Crippen LogP contribution in [0.1, 0.15) is 5.56 Å². The summed E-state index contributed by atoms with van der Waals surface area (Å²) in [6.07, 6.45) is -4.54. The first kappa shape index (κ1) is 16.1. The predicted octanol–water partition coefficient (Wildman–Crippen LogP) is 6.30. The van der Waals surface area contributed by atoms with Gasteiger partial charge in [0.05, 0.1) is 5.56 Å². The zero-order valence-corrected chi connectivity index (χ0v) is 12.3. The van der Waals surface area contributed by atoms with E-state index in [2.05, 4.69) is 0 Å². The van der Waals surface area contributed by atoms with Crippen LogP contribution in [0, 0.1) is 5.82 Å². The van der Waals surface area contributed by atoms with Gasteiger partial charge in [-0.15, -0.1) is 0 Å². The Balaban J connectivity index is 2.07. The van der Waals surface area contributed by atoms with Crippen molar-refractivity contribution in [3.05, 3.63) is 84.2 Å². The van der Waals surface area contributed by atoms with E-state index in [9.17, 15) is 17.6 Å². The third-order valence-electron chi connectivity index (χ3n) is 3.44. The highest BCUT2D eigenvalue weighted by molar-refractivity contribution is 5.72. The third kappa shape index (κ3) is 3.40. The Morgan fingerprint density at radius 1 is 0.708 bits per heavy atom. The molecule has 1 nitrogen and oxygen atoms in total. The molecule has 0 radical (unpaired) electrons. The molecular formula is C19H12F4O. The highest BCUT2D eigenvalue weighted by Crippen LogP contribution is 2.38. The van der Waals surface area contributed by atoms with Crippen molar-refractivity contribution in [3.8, 4) is 22.6 Å². The van der Waals surface area contributed by atoms with Crippen LogP contribution in [0.15, 0.2) is 72.8 Å². The number of hydrogen-bond acceptors (Lipinski definition) is 1. The summed E-state index contributed by atoms with van der Waals surface area (Å²) in [6, 6.07) is 17.5. The van der Waals surface area contributed by atoms with Crippen molar-refractivity contribution in [3.63, 3.8) is 0 Å². The number of hydrogen-bond donors (Lipinski definition) is 0. The topological polar surface area (TPSA) is 9.23 Å². The summed E-state index contributed by atoms with van der Waals surface area (Å²) in [5.74, 6) is 0.0476. The van der Waals surface area contributed by atoms with Crippen molar-refractivity contribution < 1.29 is 22.3 Å². The Morgan fingerprint density at radius 3 is 2.08 bits per heavy atom. The summed E-state index contributed by atoms with van der Waals surface area (Å²) in [7, 11) is 0. The van der Waals surface area contributed by atoms with Gasteiger partial charge in [0.25, 0.3) is 0 Å². The largest absolute Gasteiger partial charge is 0.457 e. The number of benzene rings is 3. The molecule has 0 saturated heterocycles. The lowest BCUT2D eigenvalue weighted by molar-refractivity contribution is -0.137. The van der Waals surface area contributed by atoms with Gasteiger partial charge in [0.15, 0.2) is 0 Å². The summed E-state index contributed by atoms with van der Waals surface area (Å²) in [4.78, 5) is 0. The number of rotatable bonds is 3. The Morgan fingerprint density at radius 2 is 1.38 bits per heavy atom. The molecule has 24 heavy (non-hydrogen) atoms. The van der Waals surface area contributed by atoms with E-state index in [1.807, 2.05) is 6.07 Å². The van der Waals surface area contributed by atoms with Crippen LogP contribution in [0.4, 0.5) is 17.6 Å². The van der Waals surface area contributed by atoms with Crippen LogP contribution >= 0.6 is 0 Å². The third-order valence-corrected chi connectivity index (χ3v) is 3.44. The van der Waals surface area contributed by atoms with Crippen LogP contribution in [0.3, 0.4) is 0 Å². The van der Waals surface area contributed by atoms with Gasteiger partial charge in [-0.2, -0.15) is 13.2 Å². The van der Waals surface area contributed by atoms with Crippen molar-refractivity contribution in [1.29, 1.82) is 0 Å². The highest BCUT2D eigenvalue weighted by Gasteiger charge is 2.31. The molecule has 0 aliphatic carbocycles. The molecule has 3 rings (SSSR count). The quantitative estimate of drug-likeness (QED) is 0.511.